The summed E-state index contributed by atoms with van der Waals surface area (Å²) in [6.45, 7) is 1.41. The van der Waals surface area contributed by atoms with Crippen molar-refractivity contribution in [2.75, 3.05) is 10.6 Å². The van der Waals surface area contributed by atoms with Gasteiger partial charge in [0.05, 0.1) is 11.9 Å². The molecule has 2 rings (SSSR count). The van der Waals surface area contributed by atoms with E-state index in [0.717, 1.165) is 0 Å². The highest BCUT2D eigenvalue weighted by Crippen LogP contribution is 2.12. The highest BCUT2D eigenvalue weighted by Gasteiger charge is 2.07. The molecule has 0 radical (unpaired) electrons. The maximum absolute atomic E-state index is 11.9. The lowest BCUT2D eigenvalue weighted by atomic mass is 10.2. The molecular formula is C12H12N4O2. The summed E-state index contributed by atoms with van der Waals surface area (Å²) < 4.78 is 0. The fourth-order valence-electron chi connectivity index (χ4n) is 1.46. The van der Waals surface area contributed by atoms with Crippen LogP contribution in [0.4, 0.5) is 11.4 Å². The van der Waals surface area contributed by atoms with Gasteiger partial charge in [-0.15, -0.1) is 0 Å². The lowest BCUT2D eigenvalue weighted by molar-refractivity contribution is -0.114. The van der Waals surface area contributed by atoms with Crippen LogP contribution >= 0.6 is 0 Å². The number of aromatic nitrogens is 2. The van der Waals surface area contributed by atoms with Crippen LogP contribution in [0.3, 0.4) is 0 Å². The normalized spacial score (nSPS) is 9.83. The first-order chi connectivity index (χ1) is 8.65. The zero-order chi connectivity index (χ0) is 13.0. The summed E-state index contributed by atoms with van der Waals surface area (Å²) in [4.78, 5) is 22.8. The molecule has 1 aromatic carbocycles. The van der Waals surface area contributed by atoms with Crippen LogP contribution in [0, 0.1) is 0 Å². The van der Waals surface area contributed by atoms with Crippen molar-refractivity contribution in [3.8, 4) is 0 Å². The van der Waals surface area contributed by atoms with Gasteiger partial charge in [0.15, 0.2) is 0 Å². The van der Waals surface area contributed by atoms with Crippen LogP contribution in [0.5, 0.6) is 0 Å². The molecule has 0 saturated heterocycles. The molecule has 92 valence electrons. The van der Waals surface area contributed by atoms with Gasteiger partial charge in [0, 0.05) is 24.4 Å². The summed E-state index contributed by atoms with van der Waals surface area (Å²) in [7, 11) is 0. The number of nitrogens with one attached hydrogen (secondary N) is 3. The highest BCUT2D eigenvalue weighted by molar-refractivity contribution is 6.05. The number of carbonyl (C=O) groups excluding carboxylic acids is 2. The first-order valence-electron chi connectivity index (χ1n) is 5.33. The minimum atomic E-state index is -0.261. The maximum Gasteiger partial charge on any atom is 0.255 e. The molecule has 0 saturated carbocycles. The molecule has 3 N–H and O–H groups in total. The molecule has 0 bridgehead atoms. The van der Waals surface area contributed by atoms with Gasteiger partial charge in [-0.2, -0.15) is 5.10 Å². The Balaban J connectivity index is 2.12. The molecule has 6 heteroatoms. The lowest BCUT2D eigenvalue weighted by Gasteiger charge is -2.05. The summed E-state index contributed by atoms with van der Waals surface area (Å²) in [5.41, 5.74) is 1.63. The predicted octanol–water partition coefficient (Wildman–Crippen LogP) is 1.62. The van der Waals surface area contributed by atoms with Gasteiger partial charge in [-0.25, -0.2) is 0 Å². The quantitative estimate of drug-likeness (QED) is 0.766. The molecular weight excluding hydrogens is 232 g/mol. The monoisotopic (exact) mass is 244 g/mol. The van der Waals surface area contributed by atoms with E-state index in [9.17, 15) is 9.59 Å². The first-order valence-corrected chi connectivity index (χ1v) is 5.33. The molecule has 1 aromatic heterocycles. The number of aromatic amines is 1. The molecule has 2 aromatic rings. The number of nitrogens with zero attached hydrogens (tertiary/aromatic N) is 1. The molecule has 0 atom stereocenters. The number of H-pyrrole nitrogens is 1. The van der Waals surface area contributed by atoms with Crippen LogP contribution in [0.25, 0.3) is 0 Å². The molecule has 0 aliphatic carbocycles. The third-order valence-corrected chi connectivity index (χ3v) is 2.20. The molecule has 6 nitrogen and oxygen atoms in total. The van der Waals surface area contributed by atoms with Gasteiger partial charge >= 0.3 is 0 Å². The second-order valence-electron chi connectivity index (χ2n) is 3.70. The number of carbonyl (C=O) groups is 2. The number of rotatable bonds is 3. The van der Waals surface area contributed by atoms with Crippen LogP contribution in [-0.2, 0) is 4.79 Å². The standard InChI is InChI=1S/C12H12N4O2/c1-8(17)15-10-4-2-3-9(5-10)12(18)16-11-6-13-14-7-11/h2-7H,1H3,(H,13,14)(H,15,17)(H,16,18). The maximum atomic E-state index is 11.9. The predicted molar refractivity (Wildman–Crippen MR) is 67.3 cm³/mol. The average Bonchev–Trinajstić information content (AvgIpc) is 2.81. The van der Waals surface area contributed by atoms with Crippen LogP contribution in [-0.4, -0.2) is 22.0 Å². The van der Waals surface area contributed by atoms with Crippen molar-refractivity contribution < 1.29 is 9.59 Å². The van der Waals surface area contributed by atoms with Crippen molar-refractivity contribution >= 4 is 23.2 Å². The van der Waals surface area contributed by atoms with E-state index in [-0.39, 0.29) is 11.8 Å². The molecule has 0 spiro atoms. The lowest BCUT2D eigenvalue weighted by Crippen LogP contribution is -2.12. The number of hydrogen-bond acceptors (Lipinski definition) is 3. The number of anilines is 2. The van der Waals surface area contributed by atoms with E-state index in [1.165, 1.54) is 13.1 Å². The Morgan fingerprint density at radius 3 is 2.72 bits per heavy atom. The third-order valence-electron chi connectivity index (χ3n) is 2.20. The Morgan fingerprint density at radius 2 is 2.06 bits per heavy atom. The Bertz CT molecular complexity index is 563. The Hall–Kier alpha value is -2.63. The van der Waals surface area contributed by atoms with Crippen LogP contribution in [0.2, 0.25) is 0 Å². The summed E-state index contributed by atoms with van der Waals surface area (Å²) in [6, 6.07) is 6.70. The molecule has 0 aliphatic rings. The molecule has 18 heavy (non-hydrogen) atoms. The second-order valence-corrected chi connectivity index (χ2v) is 3.70. The van der Waals surface area contributed by atoms with Gasteiger partial charge in [-0.3, -0.25) is 14.7 Å². The van der Waals surface area contributed by atoms with Gasteiger partial charge in [-0.1, -0.05) is 6.07 Å². The molecule has 2 amide bonds. The van der Waals surface area contributed by atoms with E-state index >= 15 is 0 Å². The van der Waals surface area contributed by atoms with Crippen LogP contribution in [0.15, 0.2) is 36.7 Å². The average molecular weight is 244 g/mol. The minimum Gasteiger partial charge on any atom is -0.326 e. The van der Waals surface area contributed by atoms with Gasteiger partial charge < -0.3 is 10.6 Å². The fourth-order valence-corrected chi connectivity index (χ4v) is 1.46. The van der Waals surface area contributed by atoms with Crippen LogP contribution < -0.4 is 10.6 Å². The molecule has 0 aliphatic heterocycles. The number of hydrogen-bond donors (Lipinski definition) is 3. The summed E-state index contributed by atoms with van der Waals surface area (Å²) in [6.07, 6.45) is 3.09. The number of benzene rings is 1. The van der Waals surface area contributed by atoms with Crippen LogP contribution in [0.1, 0.15) is 17.3 Å². The van der Waals surface area contributed by atoms with Crippen molar-refractivity contribution in [1.82, 2.24) is 10.2 Å². The van der Waals surface area contributed by atoms with Gasteiger partial charge in [-0.05, 0) is 18.2 Å². The topological polar surface area (TPSA) is 86.9 Å². The SMILES string of the molecule is CC(=O)Nc1cccc(C(=O)Nc2cn[nH]c2)c1. The highest BCUT2D eigenvalue weighted by atomic mass is 16.2. The summed E-state index contributed by atoms with van der Waals surface area (Å²) in [5, 5.41) is 11.6. The third kappa shape index (κ3) is 2.94. The molecule has 0 unspecified atom stereocenters. The molecule has 0 fully saturated rings. The molecule has 1 heterocycles. The Labute approximate surface area is 103 Å². The van der Waals surface area contributed by atoms with Crippen molar-refractivity contribution in [3.05, 3.63) is 42.2 Å². The van der Waals surface area contributed by atoms with Crippen molar-refractivity contribution in [2.45, 2.75) is 6.92 Å². The Morgan fingerprint density at radius 1 is 1.22 bits per heavy atom. The zero-order valence-corrected chi connectivity index (χ0v) is 9.73. The van der Waals surface area contributed by atoms with Crippen molar-refractivity contribution in [1.29, 1.82) is 0 Å². The minimum absolute atomic E-state index is 0.178. The summed E-state index contributed by atoms with van der Waals surface area (Å²) >= 11 is 0. The van der Waals surface area contributed by atoms with Gasteiger partial charge in [0.25, 0.3) is 5.91 Å². The van der Waals surface area contributed by atoms with Crippen molar-refractivity contribution in [3.63, 3.8) is 0 Å². The van der Waals surface area contributed by atoms with E-state index in [0.29, 0.717) is 16.9 Å². The van der Waals surface area contributed by atoms with Gasteiger partial charge in [0.1, 0.15) is 0 Å². The van der Waals surface area contributed by atoms with E-state index in [1.54, 1.807) is 30.5 Å². The van der Waals surface area contributed by atoms with Crippen molar-refractivity contribution in [2.24, 2.45) is 0 Å². The fraction of sp³-hybridized carbons (Fsp3) is 0.0833. The van der Waals surface area contributed by atoms with E-state index < -0.39 is 0 Å². The van der Waals surface area contributed by atoms with E-state index in [4.69, 9.17) is 0 Å². The number of amides is 2. The first kappa shape index (κ1) is 11.8. The van der Waals surface area contributed by atoms with E-state index in [1.807, 2.05) is 0 Å². The summed E-state index contributed by atoms with van der Waals surface area (Å²) in [5.74, 6) is -0.439. The van der Waals surface area contributed by atoms with Gasteiger partial charge in [0.2, 0.25) is 5.91 Å². The smallest absolute Gasteiger partial charge is 0.255 e. The zero-order valence-electron chi connectivity index (χ0n) is 9.73. The largest absolute Gasteiger partial charge is 0.326 e. The Kier molecular flexibility index (Phi) is 3.38. The van der Waals surface area contributed by atoms with E-state index in [2.05, 4.69) is 20.8 Å². The second kappa shape index (κ2) is 5.13.